The molecule has 0 unspecified atom stereocenters. The quantitative estimate of drug-likeness (QED) is 0.607. The van der Waals surface area contributed by atoms with Gasteiger partial charge in [0, 0.05) is 12.3 Å². The normalized spacial score (nSPS) is 11.1. The summed E-state index contributed by atoms with van der Waals surface area (Å²) < 4.78 is 6.96. The number of hydrogen-bond donors (Lipinski definition) is 2. The molecule has 0 aromatic carbocycles. The summed E-state index contributed by atoms with van der Waals surface area (Å²) in [4.78, 5) is 4.19. The molecule has 0 aliphatic rings. The fourth-order valence-corrected chi connectivity index (χ4v) is 2.23. The van der Waals surface area contributed by atoms with Crippen LogP contribution in [-0.4, -0.2) is 24.8 Å². The van der Waals surface area contributed by atoms with Crippen molar-refractivity contribution in [2.45, 2.75) is 0 Å². The third-order valence-electron chi connectivity index (χ3n) is 2.98. The minimum Gasteiger partial charge on any atom is -0.463 e. The molecule has 0 aliphatic heterocycles. The van der Waals surface area contributed by atoms with Crippen molar-refractivity contribution in [3.8, 4) is 11.5 Å². The number of nitrogens with one attached hydrogen (secondary N) is 2. The first-order valence-electron chi connectivity index (χ1n) is 6.17. The first kappa shape index (κ1) is 12.0. The first-order valence-corrected chi connectivity index (χ1v) is 6.54. The monoisotopic (exact) mass is 300 g/mol. The van der Waals surface area contributed by atoms with Gasteiger partial charge >= 0.3 is 0 Å². The summed E-state index contributed by atoms with van der Waals surface area (Å²) in [6, 6.07) is 9.25. The molecule has 21 heavy (non-hydrogen) atoms. The van der Waals surface area contributed by atoms with E-state index in [0.29, 0.717) is 17.4 Å². The van der Waals surface area contributed by atoms with Gasteiger partial charge in [-0.15, -0.1) is 5.10 Å². The van der Waals surface area contributed by atoms with Gasteiger partial charge in [-0.1, -0.05) is 0 Å². The molecule has 8 heteroatoms. The summed E-state index contributed by atoms with van der Waals surface area (Å²) in [5.41, 5.74) is 1.58. The molecule has 0 saturated heterocycles. The van der Waals surface area contributed by atoms with E-state index < -0.39 is 0 Å². The van der Waals surface area contributed by atoms with Crippen LogP contribution in [-0.2, 0) is 0 Å². The molecule has 4 aromatic heterocycles. The molecule has 0 saturated carbocycles. The zero-order chi connectivity index (χ0) is 14.2. The average Bonchev–Trinajstić information content (AvgIpc) is 3.19. The first-order chi connectivity index (χ1) is 10.3. The molecule has 0 spiro atoms. The molecule has 0 amide bonds. The summed E-state index contributed by atoms with van der Waals surface area (Å²) >= 11 is 5.91. The zero-order valence-electron chi connectivity index (χ0n) is 10.6. The smallest absolute Gasteiger partial charge is 0.243 e. The molecule has 104 valence electrons. The van der Waals surface area contributed by atoms with E-state index in [1.807, 2.05) is 30.3 Å². The van der Waals surface area contributed by atoms with Crippen molar-refractivity contribution in [3.63, 3.8) is 0 Å². The number of hydrogen-bond acceptors (Lipinski definition) is 5. The van der Waals surface area contributed by atoms with Crippen LogP contribution in [0.3, 0.4) is 0 Å². The van der Waals surface area contributed by atoms with Crippen LogP contribution in [0.5, 0.6) is 0 Å². The second kappa shape index (κ2) is 4.64. The second-order valence-corrected chi connectivity index (χ2v) is 4.67. The molecule has 0 bridgehead atoms. The lowest BCUT2D eigenvalue weighted by Crippen LogP contribution is -2.01. The Bertz CT molecular complexity index is 895. The van der Waals surface area contributed by atoms with Gasteiger partial charge in [-0.3, -0.25) is 5.10 Å². The van der Waals surface area contributed by atoms with E-state index in [1.165, 1.54) is 0 Å². The number of halogens is 1. The van der Waals surface area contributed by atoms with E-state index >= 15 is 0 Å². The minimum atomic E-state index is 0.156. The van der Waals surface area contributed by atoms with Crippen LogP contribution in [0.15, 0.2) is 47.2 Å². The molecule has 4 aromatic rings. The van der Waals surface area contributed by atoms with Gasteiger partial charge in [-0.25, -0.2) is 4.52 Å². The number of fused-ring (bicyclic) bond motifs is 1. The van der Waals surface area contributed by atoms with Crippen LogP contribution in [0.25, 0.3) is 17.0 Å². The van der Waals surface area contributed by atoms with E-state index in [-0.39, 0.29) is 5.28 Å². The molecule has 4 rings (SSSR count). The minimum absolute atomic E-state index is 0.156. The maximum absolute atomic E-state index is 5.91. The molecular weight excluding hydrogens is 292 g/mol. The van der Waals surface area contributed by atoms with Crippen molar-refractivity contribution in [1.29, 1.82) is 0 Å². The fourth-order valence-electron chi connectivity index (χ4n) is 2.06. The Balaban J connectivity index is 1.70. The van der Waals surface area contributed by atoms with Crippen LogP contribution in [0.2, 0.25) is 5.28 Å². The SMILES string of the molecule is Clc1nc(Nc2cc(-c3ccco3)[nH]n2)c2cccn2n1. The highest BCUT2D eigenvalue weighted by Crippen LogP contribution is 2.24. The topological polar surface area (TPSA) is 84.0 Å². The predicted octanol–water partition coefficient (Wildman–Crippen LogP) is 3.11. The second-order valence-electron chi connectivity index (χ2n) is 4.34. The lowest BCUT2D eigenvalue weighted by molar-refractivity contribution is 0.580. The molecule has 2 N–H and O–H groups in total. The maximum Gasteiger partial charge on any atom is 0.243 e. The number of anilines is 2. The van der Waals surface area contributed by atoms with Gasteiger partial charge in [0.15, 0.2) is 17.4 Å². The molecule has 0 atom stereocenters. The van der Waals surface area contributed by atoms with Gasteiger partial charge in [0.25, 0.3) is 0 Å². The lowest BCUT2D eigenvalue weighted by atomic mass is 10.3. The van der Waals surface area contributed by atoms with E-state index in [4.69, 9.17) is 16.0 Å². The highest BCUT2D eigenvalue weighted by molar-refractivity contribution is 6.28. The molecule has 0 aliphatic carbocycles. The van der Waals surface area contributed by atoms with Gasteiger partial charge in [0.1, 0.15) is 11.2 Å². The highest BCUT2D eigenvalue weighted by Gasteiger charge is 2.10. The van der Waals surface area contributed by atoms with Crippen LogP contribution < -0.4 is 5.32 Å². The van der Waals surface area contributed by atoms with Crippen molar-refractivity contribution in [2.24, 2.45) is 0 Å². The third-order valence-corrected chi connectivity index (χ3v) is 3.14. The van der Waals surface area contributed by atoms with Gasteiger partial charge in [-0.2, -0.15) is 10.1 Å². The molecule has 0 fully saturated rings. The molecule has 7 nitrogen and oxygen atoms in total. The summed E-state index contributed by atoms with van der Waals surface area (Å²) in [7, 11) is 0. The Morgan fingerprint density at radius 3 is 3.10 bits per heavy atom. The molecule has 4 heterocycles. The van der Waals surface area contributed by atoms with Crippen LogP contribution in [0.1, 0.15) is 0 Å². The average molecular weight is 301 g/mol. The number of aromatic nitrogens is 5. The van der Waals surface area contributed by atoms with Crippen molar-refractivity contribution < 1.29 is 4.42 Å². The Labute approximate surface area is 123 Å². The molecular formula is C13H9ClN6O. The standard InChI is InChI=1S/C13H9ClN6O/c14-13-16-12(9-3-1-5-20(9)19-13)15-11-7-8(17-18-11)10-4-2-6-21-10/h1-7H,(H2,15,16,17,18,19). The third kappa shape index (κ3) is 2.13. The van der Waals surface area contributed by atoms with E-state index in [2.05, 4.69) is 25.6 Å². The van der Waals surface area contributed by atoms with Gasteiger partial charge in [-0.05, 0) is 35.9 Å². The summed E-state index contributed by atoms with van der Waals surface area (Å²) in [6.07, 6.45) is 3.41. The number of furan rings is 1. The van der Waals surface area contributed by atoms with Crippen molar-refractivity contribution in [1.82, 2.24) is 24.8 Å². The van der Waals surface area contributed by atoms with Crippen molar-refractivity contribution >= 4 is 28.8 Å². The van der Waals surface area contributed by atoms with Crippen molar-refractivity contribution in [2.75, 3.05) is 5.32 Å². The number of rotatable bonds is 3. The van der Waals surface area contributed by atoms with E-state index in [0.717, 1.165) is 11.2 Å². The van der Waals surface area contributed by atoms with Crippen LogP contribution >= 0.6 is 11.6 Å². The van der Waals surface area contributed by atoms with Crippen LogP contribution in [0.4, 0.5) is 11.6 Å². The molecule has 0 radical (unpaired) electrons. The van der Waals surface area contributed by atoms with Crippen molar-refractivity contribution in [3.05, 3.63) is 48.1 Å². The van der Waals surface area contributed by atoms with Gasteiger partial charge in [0.05, 0.1) is 6.26 Å². The number of aromatic amines is 1. The van der Waals surface area contributed by atoms with Gasteiger partial charge < -0.3 is 9.73 Å². The summed E-state index contributed by atoms with van der Waals surface area (Å²) in [5, 5.41) is 14.4. The van der Waals surface area contributed by atoms with Crippen LogP contribution in [0, 0.1) is 0 Å². The predicted molar refractivity (Wildman–Crippen MR) is 77.6 cm³/mol. The number of nitrogens with zero attached hydrogens (tertiary/aromatic N) is 4. The van der Waals surface area contributed by atoms with E-state index in [1.54, 1.807) is 17.0 Å². The zero-order valence-corrected chi connectivity index (χ0v) is 11.4. The summed E-state index contributed by atoms with van der Waals surface area (Å²) in [5.74, 6) is 1.90. The Morgan fingerprint density at radius 2 is 2.24 bits per heavy atom. The lowest BCUT2D eigenvalue weighted by Gasteiger charge is -2.04. The van der Waals surface area contributed by atoms with E-state index in [9.17, 15) is 0 Å². The summed E-state index contributed by atoms with van der Waals surface area (Å²) in [6.45, 7) is 0. The highest BCUT2D eigenvalue weighted by atomic mass is 35.5. The Kier molecular flexibility index (Phi) is 2.65. The number of H-pyrrole nitrogens is 1. The Hall–Kier alpha value is -2.80. The fraction of sp³-hybridized carbons (Fsp3) is 0. The maximum atomic E-state index is 5.91. The largest absolute Gasteiger partial charge is 0.463 e. The Morgan fingerprint density at radius 1 is 1.29 bits per heavy atom. The van der Waals surface area contributed by atoms with Gasteiger partial charge in [0.2, 0.25) is 5.28 Å².